The van der Waals surface area contributed by atoms with Gasteiger partial charge in [0.2, 0.25) is 0 Å². The van der Waals surface area contributed by atoms with Crippen molar-refractivity contribution in [3.05, 3.63) is 53.3 Å². The van der Waals surface area contributed by atoms with Crippen LogP contribution >= 0.6 is 0 Å². The summed E-state index contributed by atoms with van der Waals surface area (Å²) in [6.45, 7) is 8.13. The van der Waals surface area contributed by atoms with Gasteiger partial charge in [0.25, 0.3) is 0 Å². The number of nitrogens with zero attached hydrogens (tertiary/aromatic N) is 1. The van der Waals surface area contributed by atoms with E-state index in [4.69, 9.17) is 4.74 Å². The van der Waals surface area contributed by atoms with E-state index in [2.05, 4.69) is 19.9 Å². The van der Waals surface area contributed by atoms with Crippen LogP contribution in [0.3, 0.4) is 0 Å². The van der Waals surface area contributed by atoms with Crippen molar-refractivity contribution < 1.29 is 9.53 Å². The maximum atomic E-state index is 12.5. The number of amides is 1. The van der Waals surface area contributed by atoms with Crippen LogP contribution < -0.4 is 4.74 Å². The molecule has 0 radical (unpaired) electrons. The molecule has 1 aromatic rings. The Bertz CT molecular complexity index is 558. The molecule has 0 bridgehead atoms. The van der Waals surface area contributed by atoms with Gasteiger partial charge in [0.1, 0.15) is 5.75 Å². The van der Waals surface area contributed by atoms with E-state index in [0.29, 0.717) is 5.75 Å². The second-order valence-electron chi connectivity index (χ2n) is 5.13. The molecule has 0 fully saturated rings. The Labute approximate surface area is 120 Å². The standard InChI is InChI=1S/C17H21NO2/c1-5-16-13(3)11-12(2)14(4)18(16)17(19)20-15-9-7-6-8-10-15/h6-11,16H,5H2,1-4H3. The number of ether oxygens (including phenoxy) is 1. The first-order valence-electron chi connectivity index (χ1n) is 6.96. The molecule has 0 saturated carbocycles. The molecular weight excluding hydrogens is 250 g/mol. The number of hydrogen-bond acceptors (Lipinski definition) is 2. The van der Waals surface area contributed by atoms with Gasteiger partial charge in [0.15, 0.2) is 0 Å². The van der Waals surface area contributed by atoms with E-state index in [1.165, 1.54) is 5.57 Å². The largest absolute Gasteiger partial charge is 0.420 e. The minimum atomic E-state index is -0.313. The van der Waals surface area contributed by atoms with Crippen molar-refractivity contribution in [1.29, 1.82) is 0 Å². The molecule has 3 nitrogen and oxygen atoms in total. The molecule has 0 aliphatic carbocycles. The van der Waals surface area contributed by atoms with Crippen molar-refractivity contribution in [2.24, 2.45) is 0 Å². The van der Waals surface area contributed by atoms with Gasteiger partial charge in [-0.05, 0) is 44.9 Å². The molecular formula is C17H21NO2. The molecule has 1 aliphatic rings. The van der Waals surface area contributed by atoms with Crippen LogP contribution in [0.1, 0.15) is 34.1 Å². The molecule has 1 atom stereocenters. The molecule has 0 saturated heterocycles. The Hall–Kier alpha value is -2.03. The van der Waals surface area contributed by atoms with Crippen molar-refractivity contribution in [1.82, 2.24) is 4.90 Å². The van der Waals surface area contributed by atoms with E-state index in [1.54, 1.807) is 17.0 Å². The second-order valence-corrected chi connectivity index (χ2v) is 5.13. The van der Waals surface area contributed by atoms with Gasteiger partial charge in [-0.25, -0.2) is 4.79 Å². The minimum absolute atomic E-state index is 0.0786. The van der Waals surface area contributed by atoms with Crippen LogP contribution in [0.25, 0.3) is 0 Å². The fraction of sp³-hybridized carbons (Fsp3) is 0.353. The van der Waals surface area contributed by atoms with Gasteiger partial charge in [-0.2, -0.15) is 0 Å². The highest BCUT2D eigenvalue weighted by atomic mass is 16.6. The monoisotopic (exact) mass is 271 g/mol. The first-order chi connectivity index (χ1) is 9.54. The normalized spacial score (nSPS) is 18.9. The van der Waals surface area contributed by atoms with Crippen molar-refractivity contribution in [3.8, 4) is 5.75 Å². The second kappa shape index (κ2) is 5.95. The molecule has 0 aromatic heterocycles. The van der Waals surface area contributed by atoms with Crippen LogP contribution in [0.4, 0.5) is 4.79 Å². The highest BCUT2D eigenvalue weighted by molar-refractivity contribution is 5.74. The predicted molar refractivity (Wildman–Crippen MR) is 80.5 cm³/mol. The van der Waals surface area contributed by atoms with E-state index in [9.17, 15) is 4.79 Å². The quantitative estimate of drug-likeness (QED) is 0.791. The van der Waals surface area contributed by atoms with Gasteiger partial charge >= 0.3 is 6.09 Å². The molecule has 1 unspecified atom stereocenters. The number of carbonyl (C=O) groups excluding carboxylic acids is 1. The topological polar surface area (TPSA) is 29.5 Å². The first kappa shape index (κ1) is 14.4. The third kappa shape index (κ3) is 2.77. The van der Waals surface area contributed by atoms with E-state index < -0.39 is 0 Å². The summed E-state index contributed by atoms with van der Waals surface area (Å²) in [6.07, 6.45) is 2.71. The van der Waals surface area contributed by atoms with Crippen molar-refractivity contribution in [2.75, 3.05) is 0 Å². The Morgan fingerprint density at radius 2 is 1.85 bits per heavy atom. The summed E-state index contributed by atoms with van der Waals surface area (Å²) >= 11 is 0. The summed E-state index contributed by atoms with van der Waals surface area (Å²) in [6, 6.07) is 9.27. The van der Waals surface area contributed by atoms with Gasteiger partial charge in [-0.3, -0.25) is 4.90 Å². The van der Waals surface area contributed by atoms with E-state index in [0.717, 1.165) is 17.7 Å². The fourth-order valence-corrected chi connectivity index (χ4v) is 2.58. The van der Waals surface area contributed by atoms with Crippen LogP contribution in [-0.2, 0) is 0 Å². The Kier molecular flexibility index (Phi) is 4.28. The number of rotatable bonds is 2. The van der Waals surface area contributed by atoms with Crippen LogP contribution in [0.15, 0.2) is 53.3 Å². The summed E-state index contributed by atoms with van der Waals surface area (Å²) in [5, 5.41) is 0. The van der Waals surface area contributed by atoms with Crippen molar-refractivity contribution >= 4 is 6.09 Å². The van der Waals surface area contributed by atoms with Crippen LogP contribution in [-0.4, -0.2) is 17.0 Å². The van der Waals surface area contributed by atoms with Crippen molar-refractivity contribution in [2.45, 2.75) is 40.2 Å². The van der Waals surface area contributed by atoms with E-state index in [1.807, 2.05) is 32.0 Å². The number of para-hydroxylation sites is 1. The Morgan fingerprint density at radius 1 is 1.20 bits per heavy atom. The number of benzene rings is 1. The highest BCUT2D eigenvalue weighted by Gasteiger charge is 2.30. The molecule has 1 aromatic carbocycles. The van der Waals surface area contributed by atoms with E-state index >= 15 is 0 Å². The van der Waals surface area contributed by atoms with Crippen LogP contribution in [0, 0.1) is 0 Å². The number of hydrogen-bond donors (Lipinski definition) is 0. The molecule has 1 amide bonds. The first-order valence-corrected chi connectivity index (χ1v) is 6.96. The maximum absolute atomic E-state index is 12.5. The summed E-state index contributed by atoms with van der Waals surface area (Å²) in [4.78, 5) is 14.2. The molecule has 2 rings (SSSR count). The lowest BCUT2D eigenvalue weighted by molar-refractivity contribution is 0.152. The van der Waals surface area contributed by atoms with Gasteiger partial charge in [-0.1, -0.05) is 36.8 Å². The van der Waals surface area contributed by atoms with Crippen LogP contribution in [0.5, 0.6) is 5.75 Å². The van der Waals surface area contributed by atoms with Crippen LogP contribution in [0.2, 0.25) is 0 Å². The smallest absolute Gasteiger partial charge is 0.410 e. The zero-order chi connectivity index (χ0) is 14.7. The van der Waals surface area contributed by atoms with Gasteiger partial charge in [0, 0.05) is 5.70 Å². The predicted octanol–water partition coefficient (Wildman–Crippen LogP) is 4.52. The third-order valence-electron chi connectivity index (χ3n) is 3.75. The minimum Gasteiger partial charge on any atom is -0.410 e. The number of allylic oxidation sites excluding steroid dienone is 3. The Balaban J connectivity index is 2.25. The molecule has 20 heavy (non-hydrogen) atoms. The lowest BCUT2D eigenvalue weighted by Gasteiger charge is -2.35. The molecule has 1 heterocycles. The Morgan fingerprint density at radius 3 is 2.45 bits per heavy atom. The number of carbonyl (C=O) groups is 1. The maximum Gasteiger partial charge on any atom is 0.420 e. The molecule has 0 spiro atoms. The summed E-state index contributed by atoms with van der Waals surface area (Å²) in [5.41, 5.74) is 3.27. The fourth-order valence-electron chi connectivity index (χ4n) is 2.58. The third-order valence-corrected chi connectivity index (χ3v) is 3.75. The zero-order valence-electron chi connectivity index (χ0n) is 12.5. The molecule has 3 heteroatoms. The van der Waals surface area contributed by atoms with E-state index in [-0.39, 0.29) is 12.1 Å². The average molecular weight is 271 g/mol. The summed E-state index contributed by atoms with van der Waals surface area (Å²) in [7, 11) is 0. The zero-order valence-corrected chi connectivity index (χ0v) is 12.5. The van der Waals surface area contributed by atoms with Gasteiger partial charge in [-0.15, -0.1) is 0 Å². The molecule has 1 aliphatic heterocycles. The summed E-state index contributed by atoms with van der Waals surface area (Å²) in [5.74, 6) is 0.574. The lowest BCUT2D eigenvalue weighted by Crippen LogP contribution is -2.43. The highest BCUT2D eigenvalue weighted by Crippen LogP contribution is 2.29. The van der Waals surface area contributed by atoms with Gasteiger partial charge < -0.3 is 4.74 Å². The average Bonchev–Trinajstić information content (AvgIpc) is 2.43. The van der Waals surface area contributed by atoms with Gasteiger partial charge in [0.05, 0.1) is 6.04 Å². The molecule has 0 N–H and O–H groups in total. The lowest BCUT2D eigenvalue weighted by atomic mass is 9.96. The summed E-state index contributed by atoms with van der Waals surface area (Å²) < 4.78 is 5.48. The SMILES string of the molecule is CCC1C(C)=CC(C)=C(C)N1C(=O)Oc1ccccc1. The van der Waals surface area contributed by atoms with Crippen molar-refractivity contribution in [3.63, 3.8) is 0 Å². The molecule has 106 valence electrons.